The van der Waals surface area contributed by atoms with Gasteiger partial charge in [0.15, 0.2) is 5.15 Å². The van der Waals surface area contributed by atoms with Crippen LogP contribution in [0.15, 0.2) is 24.5 Å². The molecule has 0 radical (unpaired) electrons. The highest BCUT2D eigenvalue weighted by Gasteiger charge is 2.55. The van der Waals surface area contributed by atoms with E-state index >= 15 is 0 Å². The maximum Gasteiger partial charge on any atom is 0.406 e. The molecular weight excluding hydrogens is 365 g/mol. The highest BCUT2D eigenvalue weighted by atomic mass is 35.5. The molecule has 2 bridgehead atoms. The summed E-state index contributed by atoms with van der Waals surface area (Å²) in [6.45, 7) is -0.421. The first-order valence-corrected chi connectivity index (χ1v) is 8.95. The Hall–Kier alpha value is -1.86. The van der Waals surface area contributed by atoms with Crippen molar-refractivity contribution >= 4 is 33.5 Å². The Kier molecular flexibility index (Phi) is 3.35. The predicted octanol–water partition coefficient (Wildman–Crippen LogP) is 4.44. The number of fused-ring (bicyclic) bond motifs is 3. The molecule has 1 aromatic carbocycles. The lowest BCUT2D eigenvalue weighted by Crippen LogP contribution is -2.66. The van der Waals surface area contributed by atoms with Gasteiger partial charge in [-0.25, -0.2) is 9.97 Å². The average molecular weight is 381 g/mol. The summed E-state index contributed by atoms with van der Waals surface area (Å²) in [5.74, 6) is 0.893. The lowest BCUT2D eigenvalue weighted by atomic mass is 9.50. The van der Waals surface area contributed by atoms with Gasteiger partial charge in [-0.1, -0.05) is 17.7 Å². The zero-order chi connectivity index (χ0) is 18.1. The fourth-order valence-electron chi connectivity index (χ4n) is 4.36. The molecule has 8 heteroatoms. The lowest BCUT2D eigenvalue weighted by molar-refractivity contribution is -0.139. The van der Waals surface area contributed by atoms with Crippen molar-refractivity contribution in [1.29, 1.82) is 0 Å². The van der Waals surface area contributed by atoms with E-state index in [-0.39, 0.29) is 10.7 Å². The predicted molar refractivity (Wildman–Crippen MR) is 93.0 cm³/mol. The molecule has 3 aromatic rings. The highest BCUT2D eigenvalue weighted by Crippen LogP contribution is 2.57. The summed E-state index contributed by atoms with van der Waals surface area (Å²) in [6.07, 6.45) is 0.645. The van der Waals surface area contributed by atoms with E-state index in [9.17, 15) is 13.2 Å². The molecule has 0 aliphatic heterocycles. The van der Waals surface area contributed by atoms with E-state index in [1.54, 1.807) is 6.07 Å². The number of alkyl halides is 3. The first-order chi connectivity index (χ1) is 12.3. The second-order valence-electron chi connectivity index (χ2n) is 7.53. The molecule has 2 heterocycles. The normalized spacial score (nSPS) is 24.7. The van der Waals surface area contributed by atoms with Gasteiger partial charge in [-0.05, 0) is 42.9 Å². The molecule has 26 heavy (non-hydrogen) atoms. The zero-order valence-electron chi connectivity index (χ0n) is 13.8. The SMILES string of the molecule is FC(F)(F)Cn1c2ccc(CNC34CC(C3)C4)cc2c2ncnc(Cl)c21. The molecule has 0 spiro atoms. The lowest BCUT2D eigenvalue weighted by Gasteiger charge is -2.62. The van der Waals surface area contributed by atoms with Gasteiger partial charge >= 0.3 is 6.18 Å². The van der Waals surface area contributed by atoms with Crippen molar-refractivity contribution in [3.63, 3.8) is 0 Å². The minimum atomic E-state index is -4.36. The molecular formula is C18H16ClF3N4. The summed E-state index contributed by atoms with van der Waals surface area (Å²) in [5, 5.41) is 4.30. The van der Waals surface area contributed by atoms with Crippen LogP contribution in [-0.2, 0) is 13.1 Å². The minimum Gasteiger partial charge on any atom is -0.327 e. The number of hydrogen-bond donors (Lipinski definition) is 1. The average Bonchev–Trinajstić information content (AvgIpc) is 2.78. The highest BCUT2D eigenvalue weighted by molar-refractivity contribution is 6.34. The summed E-state index contributed by atoms with van der Waals surface area (Å²) in [6, 6.07) is 5.50. The molecule has 4 nitrogen and oxygen atoms in total. The molecule has 1 N–H and O–H groups in total. The summed E-state index contributed by atoms with van der Waals surface area (Å²) in [4.78, 5) is 8.06. The van der Waals surface area contributed by atoms with E-state index in [2.05, 4.69) is 15.3 Å². The maximum absolute atomic E-state index is 13.1. The van der Waals surface area contributed by atoms with Crippen molar-refractivity contribution in [1.82, 2.24) is 19.9 Å². The summed E-state index contributed by atoms with van der Waals surface area (Å²) in [7, 11) is 0. The van der Waals surface area contributed by atoms with Crippen LogP contribution in [-0.4, -0.2) is 26.3 Å². The van der Waals surface area contributed by atoms with Crippen LogP contribution in [0.4, 0.5) is 13.2 Å². The fraction of sp³-hybridized carbons (Fsp3) is 0.444. The van der Waals surface area contributed by atoms with E-state index in [1.807, 2.05) is 12.1 Å². The zero-order valence-corrected chi connectivity index (χ0v) is 14.5. The molecule has 3 aliphatic carbocycles. The second-order valence-corrected chi connectivity index (χ2v) is 7.88. The Labute approximate surface area is 152 Å². The summed E-state index contributed by atoms with van der Waals surface area (Å²) >= 11 is 6.10. The number of rotatable bonds is 4. The largest absolute Gasteiger partial charge is 0.406 e. The van der Waals surface area contributed by atoms with Crippen molar-refractivity contribution in [3.05, 3.63) is 35.2 Å². The van der Waals surface area contributed by atoms with Gasteiger partial charge in [0.2, 0.25) is 0 Å². The maximum atomic E-state index is 13.1. The molecule has 0 unspecified atom stereocenters. The van der Waals surface area contributed by atoms with Crippen molar-refractivity contribution in [3.8, 4) is 0 Å². The molecule has 136 valence electrons. The summed E-state index contributed by atoms with van der Waals surface area (Å²) < 4.78 is 40.4. The van der Waals surface area contributed by atoms with E-state index < -0.39 is 12.7 Å². The molecule has 0 amide bonds. The number of aromatic nitrogens is 3. The molecule has 3 aliphatic rings. The molecule has 0 atom stereocenters. The van der Waals surface area contributed by atoms with E-state index in [1.165, 1.54) is 25.6 Å². The first-order valence-electron chi connectivity index (χ1n) is 8.57. The van der Waals surface area contributed by atoms with Crippen LogP contribution in [0, 0.1) is 5.92 Å². The Morgan fingerprint density at radius 1 is 1.23 bits per heavy atom. The number of nitrogens with zero attached hydrogens (tertiary/aromatic N) is 3. The number of nitrogens with one attached hydrogen (secondary N) is 1. The van der Waals surface area contributed by atoms with Gasteiger partial charge in [-0.2, -0.15) is 13.2 Å². The number of benzene rings is 1. The Bertz CT molecular complexity index is 1010. The molecule has 0 saturated heterocycles. The minimum absolute atomic E-state index is 0.0315. The van der Waals surface area contributed by atoms with Gasteiger partial charge in [0.25, 0.3) is 0 Å². The number of hydrogen-bond acceptors (Lipinski definition) is 3. The Morgan fingerprint density at radius 2 is 2.00 bits per heavy atom. The molecule has 2 aromatic heterocycles. The topological polar surface area (TPSA) is 42.7 Å². The smallest absolute Gasteiger partial charge is 0.327 e. The second kappa shape index (κ2) is 5.33. The monoisotopic (exact) mass is 380 g/mol. The van der Waals surface area contributed by atoms with Crippen LogP contribution in [0.5, 0.6) is 0 Å². The van der Waals surface area contributed by atoms with Crippen LogP contribution in [0.1, 0.15) is 24.8 Å². The standard InChI is InChI=1S/C18H16ClF3N4/c19-16-15-14(23-9-24-16)12-3-10(7-25-17-4-11(5-17)6-17)1-2-13(12)26(15)8-18(20,21)22/h1-3,9,11,25H,4-8H2. The third kappa shape index (κ3) is 2.48. The van der Waals surface area contributed by atoms with E-state index in [0.717, 1.165) is 16.0 Å². The Balaban J connectivity index is 1.58. The fourth-order valence-corrected chi connectivity index (χ4v) is 4.60. The van der Waals surface area contributed by atoms with Crippen LogP contribution in [0.25, 0.3) is 21.9 Å². The first kappa shape index (κ1) is 16.3. The van der Waals surface area contributed by atoms with Gasteiger partial charge < -0.3 is 9.88 Å². The summed E-state index contributed by atoms with van der Waals surface area (Å²) in [5.41, 5.74) is 2.48. The van der Waals surface area contributed by atoms with Crippen LogP contribution >= 0.6 is 11.6 Å². The molecule has 3 fully saturated rings. The van der Waals surface area contributed by atoms with Gasteiger partial charge in [0.05, 0.1) is 5.52 Å². The van der Waals surface area contributed by atoms with E-state index in [0.29, 0.717) is 28.5 Å². The van der Waals surface area contributed by atoms with Crippen LogP contribution in [0.3, 0.4) is 0 Å². The van der Waals surface area contributed by atoms with Crippen molar-refractivity contribution < 1.29 is 13.2 Å². The Morgan fingerprint density at radius 3 is 2.65 bits per heavy atom. The van der Waals surface area contributed by atoms with Gasteiger partial charge in [-0.15, -0.1) is 0 Å². The van der Waals surface area contributed by atoms with Crippen molar-refractivity contribution in [2.24, 2.45) is 5.92 Å². The third-order valence-electron chi connectivity index (χ3n) is 5.70. The van der Waals surface area contributed by atoms with Gasteiger partial charge in [0, 0.05) is 17.5 Å². The van der Waals surface area contributed by atoms with E-state index in [4.69, 9.17) is 11.6 Å². The van der Waals surface area contributed by atoms with Crippen molar-refractivity contribution in [2.45, 2.75) is 44.1 Å². The van der Waals surface area contributed by atoms with Crippen LogP contribution in [0.2, 0.25) is 5.15 Å². The molecule has 3 saturated carbocycles. The van der Waals surface area contributed by atoms with Crippen LogP contribution < -0.4 is 5.32 Å². The molecule has 6 rings (SSSR count). The van der Waals surface area contributed by atoms with Gasteiger partial charge in [-0.3, -0.25) is 0 Å². The number of halogens is 4. The quantitative estimate of drug-likeness (QED) is 0.680. The van der Waals surface area contributed by atoms with Gasteiger partial charge in [0.1, 0.15) is 23.9 Å². The van der Waals surface area contributed by atoms with Crippen molar-refractivity contribution in [2.75, 3.05) is 0 Å². The third-order valence-corrected chi connectivity index (χ3v) is 5.97.